The number of nitrogens with two attached hydrogens (primary N) is 1. The minimum Gasteiger partial charge on any atom is -0.288 e. The van der Waals surface area contributed by atoms with E-state index in [1.807, 2.05) is 48.7 Å². The molecule has 0 atom stereocenters. The van der Waals surface area contributed by atoms with Crippen LogP contribution in [0.15, 0.2) is 85.8 Å². The van der Waals surface area contributed by atoms with Gasteiger partial charge in [-0.3, -0.25) is 4.79 Å². The molecule has 0 aliphatic heterocycles. The highest BCUT2D eigenvalue weighted by molar-refractivity contribution is 9.10. The Hall–Kier alpha value is -1.97. The van der Waals surface area contributed by atoms with E-state index in [2.05, 4.69) is 15.9 Å². The van der Waals surface area contributed by atoms with E-state index in [1.165, 1.54) is 23.5 Å². The number of rotatable bonds is 4. The molecule has 0 amide bonds. The van der Waals surface area contributed by atoms with Gasteiger partial charge in [-0.1, -0.05) is 30.3 Å². The van der Waals surface area contributed by atoms with Crippen LogP contribution in [0, 0.1) is 0 Å². The number of benzene rings is 3. The van der Waals surface area contributed by atoms with Gasteiger partial charge in [0.15, 0.2) is 5.43 Å². The van der Waals surface area contributed by atoms with E-state index in [9.17, 15) is 13.2 Å². The van der Waals surface area contributed by atoms with Crippen LogP contribution in [-0.2, 0) is 10.0 Å². The van der Waals surface area contributed by atoms with Crippen LogP contribution in [0.3, 0.4) is 0 Å². The predicted molar refractivity (Wildman–Crippen MR) is 130 cm³/mol. The van der Waals surface area contributed by atoms with Crippen molar-refractivity contribution in [3.63, 3.8) is 0 Å². The van der Waals surface area contributed by atoms with E-state index in [1.54, 1.807) is 23.9 Å². The van der Waals surface area contributed by atoms with E-state index >= 15 is 0 Å². The van der Waals surface area contributed by atoms with Crippen molar-refractivity contribution in [3.05, 3.63) is 81.4 Å². The molecule has 2 N–H and O–H groups in total. The number of sulfonamides is 1. The van der Waals surface area contributed by atoms with E-state index in [4.69, 9.17) is 5.14 Å². The molecule has 0 aliphatic carbocycles. The summed E-state index contributed by atoms with van der Waals surface area (Å²) in [6.45, 7) is 0. The zero-order valence-electron chi connectivity index (χ0n) is 15.8. The number of primary sulfonamides is 1. The Kier molecular flexibility index (Phi) is 5.87. The second-order valence-electron chi connectivity index (χ2n) is 6.55. The van der Waals surface area contributed by atoms with Crippen molar-refractivity contribution in [3.8, 4) is 21.6 Å². The maximum absolute atomic E-state index is 13.5. The van der Waals surface area contributed by atoms with Crippen LogP contribution in [0.5, 0.6) is 0 Å². The molecule has 0 aliphatic rings. The topological polar surface area (TPSA) is 77.2 Å². The van der Waals surface area contributed by atoms with Gasteiger partial charge in [0.1, 0.15) is 0 Å². The molecule has 4 nitrogen and oxygen atoms in total. The van der Waals surface area contributed by atoms with Gasteiger partial charge in [-0.15, -0.1) is 23.1 Å². The normalized spacial score (nSPS) is 11.7. The van der Waals surface area contributed by atoms with Gasteiger partial charge < -0.3 is 0 Å². The standard InChI is InChI=1S/C22H16BrNO3S3/c1-28-19-11-8-14(12-17(19)23)20-21(25)16-4-2-3-5-18(16)29-22(20)13-6-9-15(10-7-13)30(24,26)27/h2-12H,1H3,(H2,24,26,27). The number of thioether (sulfide) groups is 1. The first-order chi connectivity index (χ1) is 14.3. The van der Waals surface area contributed by atoms with Crippen molar-refractivity contribution in [1.29, 1.82) is 0 Å². The lowest BCUT2D eigenvalue weighted by Gasteiger charge is -2.12. The molecule has 0 spiro atoms. The Morgan fingerprint density at radius 3 is 2.27 bits per heavy atom. The van der Waals surface area contributed by atoms with Crippen molar-refractivity contribution in [2.45, 2.75) is 9.79 Å². The van der Waals surface area contributed by atoms with Crippen molar-refractivity contribution in [1.82, 2.24) is 0 Å². The molecule has 30 heavy (non-hydrogen) atoms. The minimum absolute atomic E-state index is 0.0352. The summed E-state index contributed by atoms with van der Waals surface area (Å²) in [4.78, 5) is 15.4. The molecule has 0 fully saturated rings. The second-order valence-corrected chi connectivity index (χ2v) is 10.9. The average Bonchev–Trinajstić information content (AvgIpc) is 2.73. The van der Waals surface area contributed by atoms with E-state index in [0.29, 0.717) is 10.9 Å². The Morgan fingerprint density at radius 1 is 0.967 bits per heavy atom. The molecular formula is C22H16BrNO3S3. The van der Waals surface area contributed by atoms with Gasteiger partial charge in [-0.2, -0.15) is 0 Å². The van der Waals surface area contributed by atoms with Crippen LogP contribution in [0.25, 0.3) is 31.7 Å². The molecule has 1 heterocycles. The van der Waals surface area contributed by atoms with Crippen LogP contribution in [0.4, 0.5) is 0 Å². The van der Waals surface area contributed by atoms with Crippen LogP contribution in [-0.4, -0.2) is 14.7 Å². The summed E-state index contributed by atoms with van der Waals surface area (Å²) in [7, 11) is -3.79. The van der Waals surface area contributed by atoms with Crippen LogP contribution in [0.2, 0.25) is 0 Å². The fraction of sp³-hybridized carbons (Fsp3) is 0.0455. The summed E-state index contributed by atoms with van der Waals surface area (Å²) in [5.41, 5.74) is 2.10. The molecule has 0 bridgehead atoms. The third-order valence-corrected chi connectivity index (χ3v) is 8.55. The number of hydrogen-bond donors (Lipinski definition) is 1. The lowest BCUT2D eigenvalue weighted by atomic mass is 10.0. The molecule has 1 aromatic heterocycles. The summed E-state index contributed by atoms with van der Waals surface area (Å²) in [6.07, 6.45) is 2.00. The maximum atomic E-state index is 13.5. The number of halogens is 1. The SMILES string of the molecule is CSc1ccc(-c2c(-c3ccc(S(N)(=O)=O)cc3)sc3ccccc3c2=O)cc1Br. The minimum atomic E-state index is -3.79. The summed E-state index contributed by atoms with van der Waals surface area (Å²) < 4.78 is 25.0. The molecular weight excluding hydrogens is 502 g/mol. The van der Waals surface area contributed by atoms with Gasteiger partial charge in [-0.05, 0) is 69.7 Å². The Morgan fingerprint density at radius 2 is 1.63 bits per heavy atom. The molecule has 4 aromatic rings. The van der Waals surface area contributed by atoms with E-state index in [-0.39, 0.29) is 10.3 Å². The van der Waals surface area contributed by atoms with Gasteiger partial charge in [0.2, 0.25) is 10.0 Å². The lowest BCUT2D eigenvalue weighted by Crippen LogP contribution is -2.11. The monoisotopic (exact) mass is 517 g/mol. The molecule has 8 heteroatoms. The van der Waals surface area contributed by atoms with Gasteiger partial charge in [0, 0.05) is 29.9 Å². The maximum Gasteiger partial charge on any atom is 0.238 e. The van der Waals surface area contributed by atoms with Crippen molar-refractivity contribution in [2.24, 2.45) is 5.14 Å². The summed E-state index contributed by atoms with van der Waals surface area (Å²) >= 11 is 6.71. The highest BCUT2D eigenvalue weighted by Gasteiger charge is 2.18. The molecule has 0 unspecified atom stereocenters. The third-order valence-electron chi connectivity index (χ3n) is 4.68. The first kappa shape index (κ1) is 21.3. The fourth-order valence-corrected chi connectivity index (χ4v) is 6.27. The number of hydrogen-bond acceptors (Lipinski definition) is 5. The molecule has 0 saturated carbocycles. The van der Waals surface area contributed by atoms with Crippen molar-refractivity contribution < 1.29 is 8.42 Å². The zero-order chi connectivity index (χ0) is 21.5. The van der Waals surface area contributed by atoms with Crippen molar-refractivity contribution >= 4 is 59.1 Å². The zero-order valence-corrected chi connectivity index (χ0v) is 19.8. The molecule has 3 aromatic carbocycles. The highest BCUT2D eigenvalue weighted by atomic mass is 79.9. The first-order valence-electron chi connectivity index (χ1n) is 8.82. The summed E-state index contributed by atoms with van der Waals surface area (Å²) in [5, 5.41) is 5.89. The Balaban J connectivity index is 2.02. The van der Waals surface area contributed by atoms with Gasteiger partial charge >= 0.3 is 0 Å². The predicted octanol–water partition coefficient (Wildman–Crippen LogP) is 5.73. The van der Waals surface area contributed by atoms with Gasteiger partial charge in [0.25, 0.3) is 0 Å². The van der Waals surface area contributed by atoms with Crippen LogP contribution in [0.1, 0.15) is 0 Å². The lowest BCUT2D eigenvalue weighted by molar-refractivity contribution is 0.598. The quantitative estimate of drug-likeness (QED) is 0.350. The number of fused-ring (bicyclic) bond motifs is 1. The van der Waals surface area contributed by atoms with Gasteiger partial charge in [0.05, 0.1) is 4.90 Å². The molecule has 4 rings (SSSR count). The first-order valence-corrected chi connectivity index (χ1v) is 13.2. The van der Waals surface area contributed by atoms with Crippen molar-refractivity contribution in [2.75, 3.05) is 6.26 Å². The Bertz CT molecular complexity index is 1430. The average molecular weight is 518 g/mol. The molecule has 152 valence electrons. The van der Waals surface area contributed by atoms with E-state index in [0.717, 1.165) is 30.1 Å². The third kappa shape index (κ3) is 3.98. The van der Waals surface area contributed by atoms with Crippen LogP contribution < -0.4 is 10.6 Å². The van der Waals surface area contributed by atoms with Gasteiger partial charge in [-0.25, -0.2) is 13.6 Å². The van der Waals surface area contributed by atoms with Crippen LogP contribution >= 0.6 is 39.0 Å². The summed E-state index contributed by atoms with van der Waals surface area (Å²) in [5.74, 6) is 0. The largest absolute Gasteiger partial charge is 0.288 e. The van der Waals surface area contributed by atoms with E-state index < -0.39 is 10.0 Å². The second kappa shape index (κ2) is 8.28. The Labute approximate surface area is 190 Å². The smallest absolute Gasteiger partial charge is 0.238 e. The summed E-state index contributed by atoms with van der Waals surface area (Å²) in [6, 6.07) is 19.7. The molecule has 0 radical (unpaired) electrons. The fourth-order valence-electron chi connectivity index (χ4n) is 3.23. The highest BCUT2D eigenvalue weighted by Crippen LogP contribution is 2.39. The molecule has 0 saturated heterocycles.